The fraction of sp³-hybridized carbons (Fsp3) is 0.520. The van der Waals surface area contributed by atoms with E-state index in [0.29, 0.717) is 36.0 Å². The van der Waals surface area contributed by atoms with E-state index in [0.717, 1.165) is 30.4 Å². The number of aliphatic hydroxyl groups is 3. The molecule has 5 atom stereocenters. The van der Waals surface area contributed by atoms with E-state index in [-0.39, 0.29) is 6.61 Å². The Morgan fingerprint density at radius 1 is 0.970 bits per heavy atom. The van der Waals surface area contributed by atoms with Crippen LogP contribution in [0, 0.1) is 0 Å². The topological polar surface area (TPSA) is 88.4 Å². The van der Waals surface area contributed by atoms with E-state index in [1.165, 1.54) is 4.90 Å². The molecule has 6 nitrogen and oxygen atoms in total. The number of hydrogen-bond acceptors (Lipinski definition) is 7. The van der Waals surface area contributed by atoms with Gasteiger partial charge in [0.15, 0.2) is 0 Å². The summed E-state index contributed by atoms with van der Waals surface area (Å²) in [6, 6.07) is 11.9. The summed E-state index contributed by atoms with van der Waals surface area (Å²) in [5, 5.41) is 32.4. The maximum atomic E-state index is 10.8. The molecule has 2 heterocycles. The molecular weight excluding hydrogens is 464 g/mol. The lowest BCUT2D eigenvalue weighted by molar-refractivity contribution is -0.235. The molecule has 2 bridgehead atoms. The minimum Gasteiger partial charge on any atom is -0.493 e. The van der Waals surface area contributed by atoms with Crippen molar-refractivity contribution in [3.05, 3.63) is 58.1 Å². The first-order chi connectivity index (χ1) is 16.0. The van der Waals surface area contributed by atoms with Gasteiger partial charge in [-0.1, -0.05) is 23.7 Å². The van der Waals surface area contributed by atoms with Gasteiger partial charge in [-0.3, -0.25) is 0 Å². The summed E-state index contributed by atoms with van der Waals surface area (Å²) in [5.74, 6) is 0.521. The van der Waals surface area contributed by atoms with E-state index >= 15 is 0 Å². The SMILES string of the molecule is CSc1ccc(Cc2cc3c(cc2Cl)OCCCCCOC[C@H]2O[C@@H]3[C@H](O)[C@@H](O)[C@@H]2O)cc1. The molecule has 0 unspecified atom stereocenters. The van der Waals surface area contributed by atoms with Gasteiger partial charge in [0.1, 0.15) is 36.3 Å². The van der Waals surface area contributed by atoms with E-state index in [2.05, 4.69) is 24.3 Å². The summed E-state index contributed by atoms with van der Waals surface area (Å²) >= 11 is 8.33. The molecule has 0 radical (unpaired) electrons. The van der Waals surface area contributed by atoms with Gasteiger partial charge in [-0.15, -0.1) is 11.8 Å². The number of halogens is 1. The molecule has 0 aliphatic carbocycles. The lowest BCUT2D eigenvalue weighted by Gasteiger charge is -2.41. The van der Waals surface area contributed by atoms with Gasteiger partial charge in [0.2, 0.25) is 0 Å². The zero-order valence-electron chi connectivity index (χ0n) is 18.7. The third kappa shape index (κ3) is 5.85. The minimum absolute atomic E-state index is 0.139. The number of hydrogen-bond donors (Lipinski definition) is 3. The Kier molecular flexibility index (Phi) is 8.57. The second-order valence-corrected chi connectivity index (χ2v) is 9.84. The summed E-state index contributed by atoms with van der Waals surface area (Å²) in [7, 11) is 0. The molecule has 2 aliphatic rings. The van der Waals surface area contributed by atoms with Crippen LogP contribution in [0.25, 0.3) is 0 Å². The second kappa shape index (κ2) is 11.4. The van der Waals surface area contributed by atoms with Crippen LogP contribution in [0.15, 0.2) is 41.3 Å². The van der Waals surface area contributed by atoms with E-state index in [4.69, 9.17) is 25.8 Å². The first kappa shape index (κ1) is 24.8. The van der Waals surface area contributed by atoms with Crippen molar-refractivity contribution < 1.29 is 29.5 Å². The highest BCUT2D eigenvalue weighted by atomic mass is 35.5. The van der Waals surface area contributed by atoms with Crippen molar-refractivity contribution in [3.8, 4) is 5.75 Å². The summed E-state index contributed by atoms with van der Waals surface area (Å²) in [4.78, 5) is 1.19. The van der Waals surface area contributed by atoms with Gasteiger partial charge < -0.3 is 29.5 Å². The smallest absolute Gasteiger partial charge is 0.126 e. The van der Waals surface area contributed by atoms with Gasteiger partial charge in [0.05, 0.1) is 13.2 Å². The zero-order chi connectivity index (χ0) is 23.4. The summed E-state index contributed by atoms with van der Waals surface area (Å²) in [6.07, 6.45) is -0.286. The van der Waals surface area contributed by atoms with Crippen molar-refractivity contribution >= 4 is 23.4 Å². The molecule has 8 heteroatoms. The molecule has 0 saturated carbocycles. The van der Waals surface area contributed by atoms with Crippen LogP contribution in [-0.2, 0) is 15.9 Å². The molecule has 33 heavy (non-hydrogen) atoms. The van der Waals surface area contributed by atoms with Gasteiger partial charge >= 0.3 is 0 Å². The van der Waals surface area contributed by atoms with Crippen LogP contribution in [-0.4, -0.2) is 65.8 Å². The van der Waals surface area contributed by atoms with E-state index in [9.17, 15) is 15.3 Å². The third-order valence-electron chi connectivity index (χ3n) is 6.22. The Morgan fingerprint density at radius 2 is 1.73 bits per heavy atom. The lowest BCUT2D eigenvalue weighted by atomic mass is 9.89. The standard InChI is InChI=1S/C25H31ClO6S/c1-33-17-7-5-15(6-8-17)11-16-12-18-20(13-19(16)26)31-10-4-2-3-9-30-14-21-22(27)23(28)24(29)25(18)32-21/h5-8,12-13,21-25,27-29H,2-4,9-11,14H2,1H3/t21-,22-,23+,24-,25+/m1/s1. The summed E-state index contributed by atoms with van der Waals surface area (Å²) in [5.41, 5.74) is 2.58. The number of ether oxygens (including phenoxy) is 3. The fourth-order valence-electron chi connectivity index (χ4n) is 4.28. The maximum absolute atomic E-state index is 10.8. The van der Waals surface area contributed by atoms with Crippen LogP contribution in [0.5, 0.6) is 5.75 Å². The Morgan fingerprint density at radius 3 is 2.48 bits per heavy atom. The van der Waals surface area contributed by atoms with Crippen molar-refractivity contribution in [2.45, 2.75) is 61.1 Å². The molecule has 180 valence electrons. The first-order valence-electron chi connectivity index (χ1n) is 11.3. The number of rotatable bonds is 3. The zero-order valence-corrected chi connectivity index (χ0v) is 20.2. The quantitative estimate of drug-likeness (QED) is 0.560. The van der Waals surface area contributed by atoms with Crippen molar-refractivity contribution in [1.29, 1.82) is 0 Å². The largest absolute Gasteiger partial charge is 0.493 e. The molecule has 0 aromatic heterocycles. The molecule has 4 rings (SSSR count). The predicted molar refractivity (Wildman–Crippen MR) is 128 cm³/mol. The van der Waals surface area contributed by atoms with Crippen LogP contribution in [0.1, 0.15) is 42.1 Å². The molecular formula is C25H31ClO6S. The number of benzene rings is 2. The molecule has 3 N–H and O–H groups in total. The summed E-state index contributed by atoms with van der Waals surface area (Å²) < 4.78 is 17.8. The minimum atomic E-state index is -1.37. The number of aliphatic hydroxyl groups excluding tert-OH is 3. The molecule has 2 aromatic carbocycles. The molecule has 1 saturated heterocycles. The van der Waals surface area contributed by atoms with Crippen molar-refractivity contribution in [3.63, 3.8) is 0 Å². The van der Waals surface area contributed by atoms with E-state index in [1.807, 2.05) is 12.3 Å². The second-order valence-electron chi connectivity index (χ2n) is 8.56. The lowest BCUT2D eigenvalue weighted by Crippen LogP contribution is -2.55. The monoisotopic (exact) mass is 494 g/mol. The van der Waals surface area contributed by atoms with Crippen molar-refractivity contribution in [2.75, 3.05) is 26.1 Å². The fourth-order valence-corrected chi connectivity index (χ4v) is 4.90. The van der Waals surface area contributed by atoms with Crippen LogP contribution < -0.4 is 4.74 Å². The molecule has 2 aromatic rings. The van der Waals surface area contributed by atoms with Crippen molar-refractivity contribution in [1.82, 2.24) is 0 Å². The number of thioether (sulfide) groups is 1. The summed E-state index contributed by atoms with van der Waals surface area (Å²) in [6.45, 7) is 1.17. The van der Waals surface area contributed by atoms with Crippen LogP contribution >= 0.6 is 23.4 Å². The maximum Gasteiger partial charge on any atom is 0.126 e. The average molecular weight is 495 g/mol. The van der Waals surface area contributed by atoms with E-state index < -0.39 is 30.5 Å². The highest BCUT2D eigenvalue weighted by Crippen LogP contribution is 2.40. The van der Waals surface area contributed by atoms with Crippen LogP contribution in [0.3, 0.4) is 0 Å². The average Bonchev–Trinajstić information content (AvgIpc) is 2.83. The molecule has 1 fully saturated rings. The van der Waals surface area contributed by atoms with Crippen molar-refractivity contribution in [2.24, 2.45) is 0 Å². The highest BCUT2D eigenvalue weighted by molar-refractivity contribution is 7.98. The van der Waals surface area contributed by atoms with Gasteiger partial charge in [-0.05, 0) is 67.3 Å². The molecule has 0 amide bonds. The Balaban J connectivity index is 1.69. The van der Waals surface area contributed by atoms with Gasteiger partial charge in [-0.2, -0.15) is 0 Å². The van der Waals surface area contributed by atoms with Crippen LogP contribution in [0.2, 0.25) is 5.02 Å². The normalized spacial score (nSPS) is 28.6. The number of fused-ring (bicyclic) bond motifs is 4. The van der Waals surface area contributed by atoms with Gasteiger partial charge in [0, 0.05) is 22.1 Å². The van der Waals surface area contributed by atoms with Gasteiger partial charge in [0.25, 0.3) is 0 Å². The highest BCUT2D eigenvalue weighted by Gasteiger charge is 2.45. The third-order valence-corrected chi connectivity index (χ3v) is 7.32. The van der Waals surface area contributed by atoms with E-state index in [1.54, 1.807) is 17.8 Å². The van der Waals surface area contributed by atoms with Crippen LogP contribution in [0.4, 0.5) is 0 Å². The Hall–Kier alpha value is -1.32. The Bertz CT molecular complexity index is 924. The predicted octanol–water partition coefficient (Wildman–Crippen LogP) is 3.75. The Labute approximate surface area is 203 Å². The molecule has 2 aliphatic heterocycles. The van der Waals surface area contributed by atoms with Gasteiger partial charge in [-0.25, -0.2) is 0 Å². The molecule has 0 spiro atoms. The first-order valence-corrected chi connectivity index (χ1v) is 12.9.